The smallest absolute Gasteiger partial charge is 0.338 e. The van der Waals surface area contributed by atoms with Crippen LogP contribution in [-0.2, 0) is 6.18 Å². The van der Waals surface area contributed by atoms with Crippen LogP contribution in [0.15, 0.2) is 55.0 Å². The molecule has 2 aromatic heterocycles. The number of pyridine rings is 1. The van der Waals surface area contributed by atoms with Crippen LogP contribution in [0.4, 0.5) is 30.4 Å². The van der Waals surface area contributed by atoms with Gasteiger partial charge in [0.15, 0.2) is 0 Å². The van der Waals surface area contributed by atoms with E-state index in [0.717, 1.165) is 18.3 Å². The third-order valence-electron chi connectivity index (χ3n) is 3.25. The summed E-state index contributed by atoms with van der Waals surface area (Å²) in [6.45, 7) is 0. The van der Waals surface area contributed by atoms with Crippen LogP contribution in [0.3, 0.4) is 0 Å². The highest BCUT2D eigenvalue weighted by Crippen LogP contribution is 2.30. The van der Waals surface area contributed by atoms with Gasteiger partial charge in [-0.3, -0.25) is 10.1 Å². The Balaban J connectivity index is 1.80. The number of anilines is 2. The molecule has 0 amide bonds. The van der Waals surface area contributed by atoms with Gasteiger partial charge in [-0.2, -0.15) is 18.3 Å². The first kappa shape index (κ1) is 16.4. The number of hydrogen-bond acceptors (Lipinski definition) is 5. The van der Waals surface area contributed by atoms with Gasteiger partial charge in [-0.15, -0.1) is 0 Å². The number of halogens is 3. The molecule has 128 valence electrons. The zero-order valence-electron chi connectivity index (χ0n) is 12.4. The van der Waals surface area contributed by atoms with Crippen molar-refractivity contribution in [3.8, 4) is 5.69 Å². The van der Waals surface area contributed by atoms with E-state index in [-0.39, 0.29) is 11.4 Å². The average Bonchev–Trinajstić information content (AvgIpc) is 3.03. The number of hydrogen-bond donors (Lipinski definition) is 1. The molecule has 0 aliphatic carbocycles. The monoisotopic (exact) mass is 349 g/mol. The largest absolute Gasteiger partial charge is 0.416 e. The molecule has 25 heavy (non-hydrogen) atoms. The van der Waals surface area contributed by atoms with Crippen molar-refractivity contribution in [2.24, 2.45) is 0 Å². The Morgan fingerprint density at radius 3 is 2.60 bits per heavy atom. The SMILES string of the molecule is O=[N+]([O-])c1ccc(Nc2cnn(-c3cccc(C(F)(F)F)c3)c2)nc1. The van der Waals surface area contributed by atoms with E-state index in [0.29, 0.717) is 11.5 Å². The number of aromatic nitrogens is 3. The first-order chi connectivity index (χ1) is 11.8. The van der Waals surface area contributed by atoms with E-state index >= 15 is 0 Å². The Hall–Kier alpha value is -3.43. The molecule has 0 fully saturated rings. The molecule has 0 spiro atoms. The summed E-state index contributed by atoms with van der Waals surface area (Å²) >= 11 is 0. The molecule has 10 heteroatoms. The van der Waals surface area contributed by atoms with Gasteiger partial charge in [-0.1, -0.05) is 6.07 Å². The average molecular weight is 349 g/mol. The molecule has 1 aromatic carbocycles. The topological polar surface area (TPSA) is 85.9 Å². The number of nitro groups is 1. The Bertz CT molecular complexity index is 906. The second kappa shape index (κ2) is 6.23. The maximum Gasteiger partial charge on any atom is 0.416 e. The predicted octanol–water partition coefficient (Wildman–Crippen LogP) is 3.94. The molecule has 0 aliphatic rings. The summed E-state index contributed by atoms with van der Waals surface area (Å²) in [4.78, 5) is 13.9. The van der Waals surface area contributed by atoms with Crippen molar-refractivity contribution in [2.45, 2.75) is 6.18 Å². The Morgan fingerprint density at radius 2 is 1.96 bits per heavy atom. The molecule has 2 heterocycles. The fourth-order valence-corrected chi connectivity index (χ4v) is 2.07. The van der Waals surface area contributed by atoms with Gasteiger partial charge in [0.05, 0.1) is 34.3 Å². The van der Waals surface area contributed by atoms with Crippen molar-refractivity contribution in [3.05, 3.63) is 70.7 Å². The first-order valence-corrected chi connectivity index (χ1v) is 6.93. The number of nitrogens with one attached hydrogen (secondary N) is 1. The van der Waals surface area contributed by atoms with E-state index in [1.807, 2.05) is 0 Å². The lowest BCUT2D eigenvalue weighted by Crippen LogP contribution is -2.06. The molecule has 0 saturated carbocycles. The molecule has 3 aromatic rings. The Labute approximate surface area is 138 Å². The van der Waals surface area contributed by atoms with Crippen molar-refractivity contribution >= 4 is 17.2 Å². The van der Waals surface area contributed by atoms with Gasteiger partial charge in [-0.25, -0.2) is 9.67 Å². The molecule has 0 aliphatic heterocycles. The van der Waals surface area contributed by atoms with Crippen molar-refractivity contribution < 1.29 is 18.1 Å². The van der Waals surface area contributed by atoms with Crippen molar-refractivity contribution in [1.82, 2.24) is 14.8 Å². The summed E-state index contributed by atoms with van der Waals surface area (Å²) in [5.41, 5.74) is -0.199. The van der Waals surface area contributed by atoms with Gasteiger partial charge in [0.25, 0.3) is 5.69 Å². The highest BCUT2D eigenvalue weighted by Gasteiger charge is 2.30. The number of benzene rings is 1. The van der Waals surface area contributed by atoms with E-state index < -0.39 is 16.7 Å². The molecule has 0 bridgehead atoms. The quantitative estimate of drug-likeness (QED) is 0.570. The summed E-state index contributed by atoms with van der Waals surface area (Å²) in [7, 11) is 0. The molecule has 0 unspecified atom stereocenters. The minimum atomic E-state index is -4.44. The van der Waals surface area contributed by atoms with Gasteiger partial charge in [0.1, 0.15) is 12.0 Å². The maximum atomic E-state index is 12.8. The van der Waals surface area contributed by atoms with Gasteiger partial charge < -0.3 is 5.32 Å². The minimum Gasteiger partial charge on any atom is -0.338 e. The zero-order valence-corrected chi connectivity index (χ0v) is 12.4. The molecule has 1 N–H and O–H groups in total. The summed E-state index contributed by atoms with van der Waals surface area (Å²) < 4.78 is 39.6. The van der Waals surface area contributed by atoms with Crippen LogP contribution < -0.4 is 5.32 Å². The van der Waals surface area contributed by atoms with Crippen LogP contribution in [0, 0.1) is 10.1 Å². The second-order valence-electron chi connectivity index (χ2n) is 5.01. The maximum absolute atomic E-state index is 12.8. The predicted molar refractivity (Wildman–Crippen MR) is 82.7 cm³/mol. The zero-order chi connectivity index (χ0) is 18.0. The molecule has 0 radical (unpaired) electrons. The third-order valence-corrected chi connectivity index (χ3v) is 3.25. The van der Waals surface area contributed by atoms with Gasteiger partial charge in [0.2, 0.25) is 0 Å². The van der Waals surface area contributed by atoms with E-state index in [1.165, 1.54) is 41.3 Å². The first-order valence-electron chi connectivity index (χ1n) is 6.93. The van der Waals surface area contributed by atoms with Crippen LogP contribution in [-0.4, -0.2) is 19.7 Å². The summed E-state index contributed by atoms with van der Waals surface area (Å²) in [6.07, 6.45) is -0.450. The molecule has 0 atom stereocenters. The van der Waals surface area contributed by atoms with Gasteiger partial charge in [0, 0.05) is 6.07 Å². The molecular formula is C15H10F3N5O2. The van der Waals surface area contributed by atoms with Crippen molar-refractivity contribution in [1.29, 1.82) is 0 Å². The Morgan fingerprint density at radius 1 is 1.16 bits per heavy atom. The fourth-order valence-electron chi connectivity index (χ4n) is 2.07. The van der Waals surface area contributed by atoms with Gasteiger partial charge in [-0.05, 0) is 24.3 Å². The molecule has 7 nitrogen and oxygen atoms in total. The van der Waals surface area contributed by atoms with Crippen molar-refractivity contribution in [2.75, 3.05) is 5.32 Å². The molecule has 0 saturated heterocycles. The van der Waals surface area contributed by atoms with E-state index in [2.05, 4.69) is 15.4 Å². The van der Waals surface area contributed by atoms with E-state index in [1.54, 1.807) is 0 Å². The van der Waals surface area contributed by atoms with Crippen molar-refractivity contribution in [3.63, 3.8) is 0 Å². The third kappa shape index (κ3) is 3.74. The van der Waals surface area contributed by atoms with Crippen LogP contribution in [0.2, 0.25) is 0 Å². The summed E-state index contributed by atoms with van der Waals surface area (Å²) in [5, 5.41) is 17.4. The highest BCUT2D eigenvalue weighted by atomic mass is 19.4. The summed E-state index contributed by atoms with van der Waals surface area (Å²) in [6, 6.07) is 7.46. The van der Waals surface area contributed by atoms with E-state index in [4.69, 9.17) is 0 Å². The van der Waals surface area contributed by atoms with Crippen LogP contribution in [0.25, 0.3) is 5.69 Å². The van der Waals surface area contributed by atoms with Crippen LogP contribution >= 0.6 is 0 Å². The second-order valence-corrected chi connectivity index (χ2v) is 5.01. The normalized spacial score (nSPS) is 11.3. The summed E-state index contributed by atoms with van der Waals surface area (Å²) in [5.74, 6) is 0.342. The Kier molecular flexibility index (Phi) is 4.09. The van der Waals surface area contributed by atoms with Crippen LogP contribution in [0.1, 0.15) is 5.56 Å². The lowest BCUT2D eigenvalue weighted by Gasteiger charge is -2.08. The highest BCUT2D eigenvalue weighted by molar-refractivity contribution is 5.55. The van der Waals surface area contributed by atoms with E-state index in [9.17, 15) is 23.3 Å². The fraction of sp³-hybridized carbons (Fsp3) is 0.0667. The lowest BCUT2D eigenvalue weighted by atomic mass is 10.2. The van der Waals surface area contributed by atoms with Gasteiger partial charge >= 0.3 is 6.18 Å². The number of alkyl halides is 3. The number of nitrogens with zero attached hydrogens (tertiary/aromatic N) is 4. The number of rotatable bonds is 4. The molecule has 3 rings (SSSR count). The van der Waals surface area contributed by atoms with Crippen LogP contribution in [0.5, 0.6) is 0 Å². The minimum absolute atomic E-state index is 0.148. The molecular weight excluding hydrogens is 339 g/mol. The lowest BCUT2D eigenvalue weighted by molar-refractivity contribution is -0.385. The standard InChI is InChI=1S/C15H10F3N5O2/c16-15(17,18)10-2-1-3-12(6-10)22-9-11(7-20-22)21-14-5-4-13(8-19-14)23(24)25/h1-9H,(H,19,21).